The van der Waals surface area contributed by atoms with Gasteiger partial charge in [-0.05, 0) is 43.4 Å². The van der Waals surface area contributed by atoms with Crippen molar-refractivity contribution in [3.05, 3.63) is 0 Å². The number of hydrogen-bond acceptors (Lipinski definition) is 15. The van der Waals surface area contributed by atoms with Crippen LogP contribution in [0.1, 0.15) is 376 Å². The van der Waals surface area contributed by atoms with Gasteiger partial charge in [0, 0.05) is 25.7 Å². The molecule has 0 saturated carbocycles. The molecule has 17 nitrogen and oxygen atoms in total. The Morgan fingerprint density at radius 1 is 0.312 bits per heavy atom. The lowest BCUT2D eigenvalue weighted by Gasteiger charge is -2.21. The van der Waals surface area contributed by atoms with E-state index in [1.54, 1.807) is 0 Å². The van der Waals surface area contributed by atoms with Crippen LogP contribution in [0.3, 0.4) is 0 Å². The van der Waals surface area contributed by atoms with Crippen LogP contribution in [0, 0.1) is 17.8 Å². The number of aliphatic hydroxyl groups excluding tert-OH is 1. The minimum absolute atomic E-state index is 0.105. The lowest BCUT2D eigenvalue weighted by molar-refractivity contribution is -0.161. The largest absolute Gasteiger partial charge is 0.472 e. The summed E-state index contributed by atoms with van der Waals surface area (Å²) in [7, 11) is -9.91. The van der Waals surface area contributed by atoms with Crippen molar-refractivity contribution >= 4 is 39.5 Å². The summed E-state index contributed by atoms with van der Waals surface area (Å²) in [4.78, 5) is 72.7. The third kappa shape index (κ3) is 65.8. The zero-order valence-corrected chi connectivity index (χ0v) is 62.5. The maximum atomic E-state index is 13.1. The first kappa shape index (κ1) is 91.1. The number of rotatable bonds is 72. The molecular formula is C74H144O17P2. The van der Waals surface area contributed by atoms with Gasteiger partial charge in [0.05, 0.1) is 26.4 Å². The van der Waals surface area contributed by atoms with E-state index in [1.807, 2.05) is 0 Å². The summed E-state index contributed by atoms with van der Waals surface area (Å²) in [6, 6.07) is 0. The van der Waals surface area contributed by atoms with Crippen LogP contribution >= 0.6 is 15.6 Å². The summed E-state index contributed by atoms with van der Waals surface area (Å²) >= 11 is 0. The molecule has 0 amide bonds. The van der Waals surface area contributed by atoms with Gasteiger partial charge < -0.3 is 33.8 Å². The second-order valence-corrected chi connectivity index (χ2v) is 30.6. The quantitative estimate of drug-likeness (QED) is 0.0222. The van der Waals surface area contributed by atoms with Crippen LogP contribution in [-0.4, -0.2) is 96.7 Å². The summed E-state index contributed by atoms with van der Waals surface area (Å²) in [5.41, 5.74) is 0. The van der Waals surface area contributed by atoms with E-state index in [9.17, 15) is 43.2 Å². The molecule has 552 valence electrons. The molecule has 93 heavy (non-hydrogen) atoms. The number of esters is 4. The predicted octanol–water partition coefficient (Wildman–Crippen LogP) is 21.4. The third-order valence-corrected chi connectivity index (χ3v) is 19.8. The van der Waals surface area contributed by atoms with Crippen molar-refractivity contribution in [1.82, 2.24) is 0 Å². The summed E-state index contributed by atoms with van der Waals surface area (Å²) < 4.78 is 68.4. The molecule has 0 bridgehead atoms. The van der Waals surface area contributed by atoms with Gasteiger partial charge in [0.2, 0.25) is 0 Å². The number of unbranched alkanes of at least 4 members (excludes halogenated alkanes) is 38. The molecule has 0 spiro atoms. The lowest BCUT2D eigenvalue weighted by Crippen LogP contribution is -2.30. The normalized spacial score (nSPS) is 14.7. The van der Waals surface area contributed by atoms with Crippen LogP contribution in [0.15, 0.2) is 0 Å². The smallest absolute Gasteiger partial charge is 0.462 e. The summed E-state index contributed by atoms with van der Waals surface area (Å²) in [6.07, 6.45) is 49.8. The van der Waals surface area contributed by atoms with Gasteiger partial charge in [-0.15, -0.1) is 0 Å². The zero-order valence-electron chi connectivity index (χ0n) is 60.7. The van der Waals surface area contributed by atoms with E-state index in [4.69, 9.17) is 37.0 Å². The van der Waals surface area contributed by atoms with Crippen LogP contribution < -0.4 is 0 Å². The number of carbonyl (C=O) groups excluding carboxylic acids is 4. The Kier molecular flexibility index (Phi) is 63.4. The number of aliphatic hydroxyl groups is 1. The van der Waals surface area contributed by atoms with Crippen LogP contribution in [0.4, 0.5) is 0 Å². The number of phosphoric acid groups is 2. The predicted molar refractivity (Wildman–Crippen MR) is 377 cm³/mol. The molecule has 0 aliphatic rings. The topological polar surface area (TPSA) is 237 Å². The van der Waals surface area contributed by atoms with Gasteiger partial charge in [-0.25, -0.2) is 9.13 Å². The fourth-order valence-corrected chi connectivity index (χ4v) is 12.8. The van der Waals surface area contributed by atoms with E-state index in [0.29, 0.717) is 25.7 Å². The van der Waals surface area contributed by atoms with Crippen LogP contribution in [0.2, 0.25) is 0 Å². The average Bonchev–Trinajstić information content (AvgIpc) is 2.49. The van der Waals surface area contributed by atoms with Gasteiger partial charge in [-0.1, -0.05) is 325 Å². The van der Waals surface area contributed by atoms with Crippen LogP contribution in [0.25, 0.3) is 0 Å². The van der Waals surface area contributed by atoms with Crippen LogP contribution in [0.5, 0.6) is 0 Å². The number of hydrogen-bond donors (Lipinski definition) is 3. The highest BCUT2D eigenvalue weighted by Crippen LogP contribution is 2.45. The van der Waals surface area contributed by atoms with Gasteiger partial charge in [0.25, 0.3) is 0 Å². The number of ether oxygens (including phenoxy) is 4. The Bertz CT molecular complexity index is 1820. The SMILES string of the molecule is CCCCCCCCCCCC(=O)OC[C@H](COP(=O)(O)OC[C@H](O)COP(=O)(O)OC[C@@H](COC(=O)CCCCCCCCCCCCCC(C)C)OC(=O)CCCCCCCCCCCCCCCCC(C)CC)OC(=O)CCCCCCCCCCC(C)CC. The molecule has 0 radical (unpaired) electrons. The molecule has 0 aliphatic heterocycles. The summed E-state index contributed by atoms with van der Waals surface area (Å²) in [5, 5.41) is 10.6. The second kappa shape index (κ2) is 64.7. The van der Waals surface area contributed by atoms with Crippen molar-refractivity contribution in [3.8, 4) is 0 Å². The van der Waals surface area contributed by atoms with Gasteiger partial charge in [0.1, 0.15) is 19.3 Å². The molecule has 4 unspecified atom stereocenters. The lowest BCUT2D eigenvalue weighted by atomic mass is 9.99. The Morgan fingerprint density at radius 3 is 0.817 bits per heavy atom. The molecule has 0 aromatic heterocycles. The van der Waals surface area contributed by atoms with Gasteiger partial charge in [-0.2, -0.15) is 0 Å². The van der Waals surface area contributed by atoms with E-state index >= 15 is 0 Å². The van der Waals surface area contributed by atoms with E-state index in [2.05, 4.69) is 48.5 Å². The zero-order chi connectivity index (χ0) is 68.7. The third-order valence-electron chi connectivity index (χ3n) is 17.9. The van der Waals surface area contributed by atoms with E-state index in [-0.39, 0.29) is 25.7 Å². The molecule has 19 heteroatoms. The standard InChI is InChI=1S/C74H144O17P2/c1-8-11-12-13-14-24-34-41-48-55-71(76)84-61-70(91-74(79)58-51-44-37-30-29-33-40-47-54-67(7)10-3)64-89-93(82,83)87-60-68(75)59-86-92(80,81)88-63-69(62-85-72(77)56-49-42-35-27-23-19-20-25-31-38-45-52-65(4)5)90-73(78)57-50-43-36-28-22-18-16-15-17-21-26-32-39-46-53-66(6)9-2/h65-70,75H,8-64H2,1-7H3,(H,80,81)(H,82,83)/t66?,67?,68-,69-,70-/m1/s1. The summed E-state index contributed by atoms with van der Waals surface area (Å²) in [6.45, 7) is 11.9. The molecule has 0 aromatic carbocycles. The monoisotopic (exact) mass is 1370 g/mol. The molecule has 0 aliphatic carbocycles. The second-order valence-electron chi connectivity index (χ2n) is 27.6. The first-order chi connectivity index (χ1) is 44.8. The number of carbonyl (C=O) groups is 4. The molecule has 3 N–H and O–H groups in total. The van der Waals surface area contributed by atoms with Crippen molar-refractivity contribution in [2.45, 2.75) is 394 Å². The average molecular weight is 1370 g/mol. The van der Waals surface area contributed by atoms with E-state index < -0.39 is 97.5 Å². The highest BCUT2D eigenvalue weighted by atomic mass is 31.2. The Labute approximate surface area is 568 Å². The molecule has 0 heterocycles. The fourth-order valence-electron chi connectivity index (χ4n) is 11.2. The fraction of sp³-hybridized carbons (Fsp3) is 0.946. The molecule has 0 aromatic rings. The molecule has 0 saturated heterocycles. The van der Waals surface area contributed by atoms with Gasteiger partial charge in [-0.3, -0.25) is 37.3 Å². The highest BCUT2D eigenvalue weighted by molar-refractivity contribution is 7.47. The van der Waals surface area contributed by atoms with Crippen molar-refractivity contribution in [2.75, 3.05) is 39.6 Å². The van der Waals surface area contributed by atoms with Crippen molar-refractivity contribution in [3.63, 3.8) is 0 Å². The first-order valence-electron chi connectivity index (χ1n) is 38.4. The Hall–Kier alpha value is -1.94. The van der Waals surface area contributed by atoms with Crippen molar-refractivity contribution < 1.29 is 80.2 Å². The molecule has 7 atom stereocenters. The van der Waals surface area contributed by atoms with Crippen molar-refractivity contribution in [2.24, 2.45) is 17.8 Å². The van der Waals surface area contributed by atoms with E-state index in [1.165, 1.54) is 186 Å². The summed E-state index contributed by atoms with van der Waals surface area (Å²) in [5.74, 6) is 0.264. The van der Waals surface area contributed by atoms with Gasteiger partial charge in [0.15, 0.2) is 12.2 Å². The molecular weight excluding hydrogens is 1220 g/mol. The minimum atomic E-state index is -4.96. The first-order valence-corrected chi connectivity index (χ1v) is 41.4. The highest BCUT2D eigenvalue weighted by Gasteiger charge is 2.30. The maximum Gasteiger partial charge on any atom is 0.472 e. The maximum absolute atomic E-state index is 13.1. The molecule has 0 fully saturated rings. The van der Waals surface area contributed by atoms with Crippen LogP contribution in [-0.2, 0) is 65.4 Å². The molecule has 0 rings (SSSR count). The number of phosphoric ester groups is 2. The van der Waals surface area contributed by atoms with E-state index in [0.717, 1.165) is 108 Å². The Balaban J connectivity index is 5.24. The minimum Gasteiger partial charge on any atom is -0.462 e. The Morgan fingerprint density at radius 2 is 0.548 bits per heavy atom. The van der Waals surface area contributed by atoms with Crippen molar-refractivity contribution in [1.29, 1.82) is 0 Å². The van der Waals surface area contributed by atoms with Gasteiger partial charge >= 0.3 is 39.5 Å².